The maximum absolute atomic E-state index is 12.1. The second-order valence-electron chi connectivity index (χ2n) is 7.90. The number of aryl methyl sites for hydroxylation is 2. The maximum atomic E-state index is 12.1. The molecule has 1 aromatic carbocycles. The Morgan fingerprint density at radius 2 is 2.06 bits per heavy atom. The van der Waals surface area contributed by atoms with E-state index in [1.165, 1.54) is 4.88 Å². The zero-order chi connectivity index (χ0) is 23.5. The number of ether oxygens (including phenoxy) is 1. The van der Waals surface area contributed by atoms with Crippen LogP contribution in [0.25, 0.3) is 5.00 Å². The molecule has 33 heavy (non-hydrogen) atoms. The Labute approximate surface area is 204 Å². The topological polar surface area (TPSA) is 92.9 Å². The van der Waals surface area contributed by atoms with Crippen molar-refractivity contribution in [3.8, 4) is 10.8 Å². The molecule has 2 aromatic heterocycles. The molecule has 2 N–H and O–H groups in total. The number of nitrogens with one attached hydrogen (secondary N) is 1. The lowest BCUT2D eigenvalue weighted by atomic mass is 9.95. The van der Waals surface area contributed by atoms with Gasteiger partial charge in [0.2, 0.25) is 0 Å². The summed E-state index contributed by atoms with van der Waals surface area (Å²) in [5, 5.41) is 14.7. The number of carbonyl (C=O) groups excluding carboxylic acids is 1. The SMILES string of the molecule is Cc1cc(/C=N/NC(=O)COc2cccc(Br)c2)c(C)n1-c1sc2c(c1C(=O)O)CCCC2. The summed E-state index contributed by atoms with van der Waals surface area (Å²) in [6, 6.07) is 9.18. The molecule has 4 rings (SSSR count). The van der Waals surface area contributed by atoms with Crippen molar-refractivity contribution in [3.05, 3.63) is 67.8 Å². The number of halogens is 1. The number of carboxylic acids is 1. The first-order chi connectivity index (χ1) is 15.8. The minimum atomic E-state index is -0.884. The lowest BCUT2D eigenvalue weighted by Gasteiger charge is -2.11. The molecule has 0 saturated carbocycles. The van der Waals surface area contributed by atoms with Crippen molar-refractivity contribution in [2.75, 3.05) is 6.61 Å². The molecule has 0 unspecified atom stereocenters. The summed E-state index contributed by atoms with van der Waals surface area (Å²) in [7, 11) is 0. The zero-order valence-electron chi connectivity index (χ0n) is 18.4. The van der Waals surface area contributed by atoms with E-state index in [9.17, 15) is 14.7 Å². The van der Waals surface area contributed by atoms with Gasteiger partial charge in [0, 0.05) is 26.3 Å². The van der Waals surface area contributed by atoms with Gasteiger partial charge in [-0.25, -0.2) is 10.2 Å². The highest BCUT2D eigenvalue weighted by atomic mass is 79.9. The Morgan fingerprint density at radius 3 is 2.82 bits per heavy atom. The van der Waals surface area contributed by atoms with Crippen molar-refractivity contribution < 1.29 is 19.4 Å². The quantitative estimate of drug-likeness (QED) is 0.331. The third kappa shape index (κ3) is 5.04. The number of rotatable bonds is 7. The first-order valence-corrected chi connectivity index (χ1v) is 12.2. The van der Waals surface area contributed by atoms with E-state index in [1.807, 2.05) is 36.6 Å². The zero-order valence-corrected chi connectivity index (χ0v) is 20.8. The van der Waals surface area contributed by atoms with Crippen LogP contribution in [0.2, 0.25) is 0 Å². The third-order valence-corrected chi connectivity index (χ3v) is 7.37. The van der Waals surface area contributed by atoms with Gasteiger partial charge in [0.25, 0.3) is 5.91 Å². The summed E-state index contributed by atoms with van der Waals surface area (Å²) >= 11 is 4.93. The predicted octanol–water partition coefficient (Wildman–Crippen LogP) is 5.02. The Bertz CT molecular complexity index is 1240. The normalized spacial score (nSPS) is 13.2. The van der Waals surface area contributed by atoms with E-state index in [1.54, 1.807) is 29.7 Å². The second-order valence-corrected chi connectivity index (χ2v) is 9.90. The van der Waals surface area contributed by atoms with Crippen LogP contribution in [-0.2, 0) is 17.6 Å². The Kier molecular flexibility index (Phi) is 6.99. The molecule has 7 nitrogen and oxygen atoms in total. The molecule has 0 radical (unpaired) electrons. The fraction of sp³-hybridized carbons (Fsp3) is 0.292. The summed E-state index contributed by atoms with van der Waals surface area (Å²) < 4.78 is 8.30. The summed E-state index contributed by atoms with van der Waals surface area (Å²) in [4.78, 5) is 25.3. The van der Waals surface area contributed by atoms with E-state index in [2.05, 4.69) is 26.5 Å². The Hall–Kier alpha value is -2.91. The number of carboxylic acid groups (broad SMARTS) is 1. The standard InChI is InChI=1S/C24H24BrN3O4S/c1-14-10-16(12-26-27-21(29)13-32-18-7-5-6-17(25)11-18)15(2)28(14)23-22(24(30)31)19-8-3-4-9-20(19)33-23/h5-7,10-12H,3-4,8-9,13H2,1-2H3,(H,27,29)(H,30,31)/b26-12+. The Balaban J connectivity index is 1.49. The molecule has 0 saturated heterocycles. The van der Waals surface area contributed by atoms with E-state index >= 15 is 0 Å². The van der Waals surface area contributed by atoms with Gasteiger partial charge in [0.15, 0.2) is 6.61 Å². The van der Waals surface area contributed by atoms with Crippen LogP contribution in [0.15, 0.2) is 39.9 Å². The predicted molar refractivity (Wildman–Crippen MR) is 132 cm³/mol. The van der Waals surface area contributed by atoms with E-state index in [4.69, 9.17) is 4.74 Å². The number of hydrazone groups is 1. The minimum Gasteiger partial charge on any atom is -0.484 e. The molecule has 172 valence electrons. The minimum absolute atomic E-state index is 0.157. The Morgan fingerprint density at radius 1 is 1.27 bits per heavy atom. The van der Waals surface area contributed by atoms with Gasteiger partial charge in [0.05, 0.1) is 11.8 Å². The highest BCUT2D eigenvalue weighted by Gasteiger charge is 2.27. The molecule has 0 bridgehead atoms. The van der Waals surface area contributed by atoms with Gasteiger partial charge < -0.3 is 14.4 Å². The molecule has 9 heteroatoms. The van der Waals surface area contributed by atoms with Gasteiger partial charge in [-0.3, -0.25) is 4.79 Å². The monoisotopic (exact) mass is 529 g/mol. The van der Waals surface area contributed by atoms with Crippen molar-refractivity contribution in [1.29, 1.82) is 0 Å². The molecule has 0 fully saturated rings. The molecule has 0 aliphatic heterocycles. The van der Waals surface area contributed by atoms with Crippen molar-refractivity contribution in [1.82, 2.24) is 9.99 Å². The van der Waals surface area contributed by atoms with Gasteiger partial charge in [-0.05, 0) is 69.4 Å². The molecular formula is C24H24BrN3O4S. The van der Waals surface area contributed by atoms with Gasteiger partial charge in [-0.15, -0.1) is 11.3 Å². The van der Waals surface area contributed by atoms with Gasteiger partial charge >= 0.3 is 5.97 Å². The molecule has 0 atom stereocenters. The van der Waals surface area contributed by atoms with Crippen molar-refractivity contribution >= 4 is 45.4 Å². The van der Waals surface area contributed by atoms with E-state index in [0.717, 1.165) is 57.7 Å². The van der Waals surface area contributed by atoms with Crippen LogP contribution in [0, 0.1) is 13.8 Å². The lowest BCUT2D eigenvalue weighted by molar-refractivity contribution is -0.123. The van der Waals surface area contributed by atoms with Crippen molar-refractivity contribution in [2.24, 2.45) is 5.10 Å². The van der Waals surface area contributed by atoms with Gasteiger partial charge in [-0.1, -0.05) is 22.0 Å². The number of amides is 1. The summed E-state index contributed by atoms with van der Waals surface area (Å²) in [6.45, 7) is 3.71. The average molecular weight is 530 g/mol. The van der Waals surface area contributed by atoms with Crippen LogP contribution >= 0.6 is 27.3 Å². The van der Waals surface area contributed by atoms with E-state index < -0.39 is 5.97 Å². The summed E-state index contributed by atoms with van der Waals surface area (Å²) in [5.74, 6) is -0.677. The fourth-order valence-corrected chi connectivity index (χ4v) is 5.94. The van der Waals surface area contributed by atoms with Crippen LogP contribution in [0.1, 0.15) is 50.6 Å². The van der Waals surface area contributed by atoms with Crippen LogP contribution in [0.4, 0.5) is 0 Å². The molecule has 3 aromatic rings. The number of aromatic carboxylic acids is 1. The highest BCUT2D eigenvalue weighted by molar-refractivity contribution is 9.10. The van der Waals surface area contributed by atoms with E-state index in [-0.39, 0.29) is 12.5 Å². The van der Waals surface area contributed by atoms with Gasteiger partial charge in [0.1, 0.15) is 10.8 Å². The summed E-state index contributed by atoms with van der Waals surface area (Å²) in [6.07, 6.45) is 5.44. The van der Waals surface area contributed by atoms with Crippen LogP contribution in [0.3, 0.4) is 0 Å². The summed E-state index contributed by atoms with van der Waals surface area (Å²) in [5.41, 5.74) is 6.47. The number of benzene rings is 1. The number of aromatic nitrogens is 1. The first kappa shape index (κ1) is 23.3. The highest BCUT2D eigenvalue weighted by Crippen LogP contribution is 2.38. The number of hydrogen-bond acceptors (Lipinski definition) is 5. The molecule has 1 aliphatic carbocycles. The molecule has 1 amide bonds. The molecule has 1 aliphatic rings. The van der Waals surface area contributed by atoms with Crippen molar-refractivity contribution in [2.45, 2.75) is 39.5 Å². The molecule has 2 heterocycles. The molecular weight excluding hydrogens is 506 g/mol. The smallest absolute Gasteiger partial charge is 0.339 e. The molecule has 0 spiro atoms. The van der Waals surface area contributed by atoms with Crippen LogP contribution in [0.5, 0.6) is 5.75 Å². The number of nitrogens with zero attached hydrogens (tertiary/aromatic N) is 2. The van der Waals surface area contributed by atoms with Gasteiger partial charge in [-0.2, -0.15) is 5.10 Å². The van der Waals surface area contributed by atoms with Crippen LogP contribution in [-0.4, -0.2) is 34.4 Å². The maximum Gasteiger partial charge on any atom is 0.339 e. The average Bonchev–Trinajstić information content (AvgIpc) is 3.29. The second kappa shape index (κ2) is 9.93. The largest absolute Gasteiger partial charge is 0.484 e. The number of carbonyl (C=O) groups is 2. The first-order valence-electron chi connectivity index (χ1n) is 10.6. The fourth-order valence-electron chi connectivity index (χ4n) is 4.07. The van der Waals surface area contributed by atoms with E-state index in [0.29, 0.717) is 11.3 Å². The number of fused-ring (bicyclic) bond motifs is 1. The lowest BCUT2D eigenvalue weighted by Crippen LogP contribution is -2.24. The van der Waals surface area contributed by atoms with Crippen molar-refractivity contribution in [3.63, 3.8) is 0 Å². The number of hydrogen-bond donors (Lipinski definition) is 2. The van der Waals surface area contributed by atoms with Crippen LogP contribution < -0.4 is 10.2 Å². The third-order valence-electron chi connectivity index (χ3n) is 5.60. The number of thiophene rings is 1.